The van der Waals surface area contributed by atoms with E-state index in [1.54, 1.807) is 0 Å². The summed E-state index contributed by atoms with van der Waals surface area (Å²) >= 11 is 3.41. The fourth-order valence-electron chi connectivity index (χ4n) is 1.33. The van der Waals surface area contributed by atoms with Gasteiger partial charge in [-0.15, -0.1) is 0 Å². The minimum Gasteiger partial charge on any atom is -0.491 e. The summed E-state index contributed by atoms with van der Waals surface area (Å²) in [6, 6.07) is 5.85. The first-order chi connectivity index (χ1) is 7.92. The molecule has 0 amide bonds. The summed E-state index contributed by atoms with van der Waals surface area (Å²) in [5, 5.41) is 0. The van der Waals surface area contributed by atoms with Crippen molar-refractivity contribution in [3.05, 3.63) is 28.2 Å². The van der Waals surface area contributed by atoms with E-state index in [4.69, 9.17) is 15.2 Å². The van der Waals surface area contributed by atoms with Crippen LogP contribution in [0.2, 0.25) is 0 Å². The van der Waals surface area contributed by atoms with Gasteiger partial charge in [0.05, 0.1) is 12.2 Å². The van der Waals surface area contributed by atoms with Crippen LogP contribution in [-0.2, 0) is 11.3 Å². The van der Waals surface area contributed by atoms with E-state index in [0.717, 1.165) is 15.8 Å². The third kappa shape index (κ3) is 5.52. The van der Waals surface area contributed by atoms with Crippen molar-refractivity contribution >= 4 is 15.9 Å². The zero-order chi connectivity index (χ0) is 12.9. The van der Waals surface area contributed by atoms with E-state index < -0.39 is 0 Å². The Hall–Kier alpha value is -0.580. The quantitative estimate of drug-likeness (QED) is 0.850. The molecule has 0 aliphatic rings. The summed E-state index contributed by atoms with van der Waals surface area (Å²) in [6.45, 7) is 7.65. The first-order valence-electron chi connectivity index (χ1n) is 5.67. The van der Waals surface area contributed by atoms with Crippen molar-refractivity contribution in [3.63, 3.8) is 0 Å². The van der Waals surface area contributed by atoms with Crippen LogP contribution in [0.4, 0.5) is 0 Å². The van der Waals surface area contributed by atoms with Crippen molar-refractivity contribution in [1.29, 1.82) is 0 Å². The fourth-order valence-corrected chi connectivity index (χ4v) is 1.67. The van der Waals surface area contributed by atoms with Gasteiger partial charge in [-0.3, -0.25) is 0 Å². The molecule has 96 valence electrons. The van der Waals surface area contributed by atoms with Gasteiger partial charge in [-0.1, -0.05) is 22.0 Å². The zero-order valence-electron chi connectivity index (χ0n) is 10.6. The van der Waals surface area contributed by atoms with E-state index in [0.29, 0.717) is 19.8 Å². The van der Waals surface area contributed by atoms with Crippen molar-refractivity contribution in [3.8, 4) is 5.75 Å². The van der Waals surface area contributed by atoms with Gasteiger partial charge in [0.2, 0.25) is 0 Å². The van der Waals surface area contributed by atoms with Gasteiger partial charge < -0.3 is 15.2 Å². The van der Waals surface area contributed by atoms with Crippen LogP contribution in [0.1, 0.15) is 26.3 Å². The molecule has 0 unspecified atom stereocenters. The third-order valence-corrected chi connectivity index (χ3v) is 2.62. The van der Waals surface area contributed by atoms with Gasteiger partial charge in [0, 0.05) is 16.6 Å². The van der Waals surface area contributed by atoms with E-state index in [2.05, 4.69) is 15.9 Å². The molecule has 0 aliphatic heterocycles. The van der Waals surface area contributed by atoms with E-state index in [1.807, 2.05) is 39.0 Å². The Morgan fingerprint density at radius 1 is 1.24 bits per heavy atom. The maximum Gasteiger partial charge on any atom is 0.125 e. The van der Waals surface area contributed by atoms with Crippen LogP contribution in [0.15, 0.2) is 22.7 Å². The monoisotopic (exact) mass is 301 g/mol. The van der Waals surface area contributed by atoms with Gasteiger partial charge in [-0.25, -0.2) is 0 Å². The normalized spacial score (nSPS) is 11.6. The van der Waals surface area contributed by atoms with Crippen molar-refractivity contribution in [1.82, 2.24) is 0 Å². The average Bonchev–Trinajstić information content (AvgIpc) is 2.23. The lowest BCUT2D eigenvalue weighted by Gasteiger charge is -2.20. The Morgan fingerprint density at radius 3 is 2.53 bits per heavy atom. The lowest BCUT2D eigenvalue weighted by molar-refractivity contribution is -0.0164. The molecule has 0 bridgehead atoms. The van der Waals surface area contributed by atoms with Crippen LogP contribution >= 0.6 is 15.9 Å². The molecule has 3 nitrogen and oxygen atoms in total. The number of hydrogen-bond acceptors (Lipinski definition) is 3. The van der Waals surface area contributed by atoms with Crippen LogP contribution in [0, 0.1) is 0 Å². The lowest BCUT2D eigenvalue weighted by atomic mass is 10.2. The molecule has 0 spiro atoms. The smallest absolute Gasteiger partial charge is 0.125 e. The Morgan fingerprint density at radius 2 is 1.94 bits per heavy atom. The second-order valence-corrected chi connectivity index (χ2v) is 5.68. The molecule has 2 N–H and O–H groups in total. The Bertz CT molecular complexity index is 361. The van der Waals surface area contributed by atoms with Crippen molar-refractivity contribution < 1.29 is 9.47 Å². The summed E-state index contributed by atoms with van der Waals surface area (Å²) in [6.07, 6.45) is 0. The Kier molecular flexibility index (Phi) is 5.43. The largest absolute Gasteiger partial charge is 0.491 e. The second-order valence-electron chi connectivity index (χ2n) is 4.77. The molecule has 1 aromatic rings. The summed E-state index contributed by atoms with van der Waals surface area (Å²) < 4.78 is 12.2. The Balaban J connectivity index is 2.48. The van der Waals surface area contributed by atoms with Gasteiger partial charge in [0.25, 0.3) is 0 Å². The number of nitrogens with two attached hydrogens (primary N) is 1. The van der Waals surface area contributed by atoms with Gasteiger partial charge in [0.1, 0.15) is 12.4 Å². The molecule has 0 radical (unpaired) electrons. The maximum absolute atomic E-state index is 5.67. The predicted octanol–water partition coefficient (Wildman–Crippen LogP) is 3.10. The van der Waals surface area contributed by atoms with Crippen molar-refractivity contribution in [2.45, 2.75) is 32.9 Å². The minimum atomic E-state index is -0.128. The zero-order valence-corrected chi connectivity index (χ0v) is 12.2. The first kappa shape index (κ1) is 14.5. The molecule has 0 atom stereocenters. The molecule has 1 rings (SSSR count). The molecule has 0 saturated heterocycles. The SMILES string of the molecule is CC(C)(C)OCCOc1cc(Br)ccc1CN. The molecule has 0 aliphatic carbocycles. The number of rotatable bonds is 5. The van der Waals surface area contributed by atoms with Gasteiger partial charge in [-0.2, -0.15) is 0 Å². The highest BCUT2D eigenvalue weighted by atomic mass is 79.9. The van der Waals surface area contributed by atoms with E-state index in [-0.39, 0.29) is 5.60 Å². The molecule has 0 aromatic heterocycles. The van der Waals surface area contributed by atoms with Crippen molar-refractivity contribution in [2.24, 2.45) is 5.73 Å². The topological polar surface area (TPSA) is 44.5 Å². The molecule has 4 heteroatoms. The summed E-state index contributed by atoms with van der Waals surface area (Å²) in [5.74, 6) is 0.819. The molecular weight excluding hydrogens is 282 g/mol. The van der Waals surface area contributed by atoms with Crippen LogP contribution in [-0.4, -0.2) is 18.8 Å². The number of halogens is 1. The van der Waals surface area contributed by atoms with Gasteiger partial charge >= 0.3 is 0 Å². The summed E-state index contributed by atoms with van der Waals surface area (Å²) in [7, 11) is 0. The third-order valence-electron chi connectivity index (χ3n) is 2.13. The highest BCUT2D eigenvalue weighted by molar-refractivity contribution is 9.10. The average molecular weight is 302 g/mol. The molecule has 0 fully saturated rings. The van der Waals surface area contributed by atoms with E-state index >= 15 is 0 Å². The number of benzene rings is 1. The second kappa shape index (κ2) is 6.38. The molecule has 17 heavy (non-hydrogen) atoms. The van der Waals surface area contributed by atoms with Crippen molar-refractivity contribution in [2.75, 3.05) is 13.2 Å². The van der Waals surface area contributed by atoms with Crippen LogP contribution in [0.5, 0.6) is 5.75 Å². The molecule has 1 aromatic carbocycles. The molecular formula is C13H20BrNO2. The summed E-state index contributed by atoms with van der Waals surface area (Å²) in [5.41, 5.74) is 6.52. The van der Waals surface area contributed by atoms with Gasteiger partial charge in [-0.05, 0) is 32.9 Å². The van der Waals surface area contributed by atoms with Crippen LogP contribution in [0.25, 0.3) is 0 Å². The van der Waals surface area contributed by atoms with Crippen LogP contribution < -0.4 is 10.5 Å². The number of ether oxygens (including phenoxy) is 2. The first-order valence-corrected chi connectivity index (χ1v) is 6.47. The minimum absolute atomic E-state index is 0.128. The number of hydrogen-bond donors (Lipinski definition) is 1. The standard InChI is InChI=1S/C13H20BrNO2/c1-13(2,3)17-7-6-16-12-8-11(14)5-4-10(12)9-15/h4-5,8H,6-7,9,15H2,1-3H3. The fraction of sp³-hybridized carbons (Fsp3) is 0.538. The molecule has 0 saturated carbocycles. The maximum atomic E-state index is 5.67. The Labute approximate surface area is 111 Å². The van der Waals surface area contributed by atoms with E-state index in [9.17, 15) is 0 Å². The van der Waals surface area contributed by atoms with Gasteiger partial charge in [0.15, 0.2) is 0 Å². The lowest BCUT2D eigenvalue weighted by Crippen LogP contribution is -2.22. The highest BCUT2D eigenvalue weighted by Gasteiger charge is 2.10. The van der Waals surface area contributed by atoms with E-state index in [1.165, 1.54) is 0 Å². The predicted molar refractivity (Wildman–Crippen MR) is 73.2 cm³/mol. The van der Waals surface area contributed by atoms with Crippen LogP contribution in [0.3, 0.4) is 0 Å². The highest BCUT2D eigenvalue weighted by Crippen LogP contribution is 2.23. The summed E-state index contributed by atoms with van der Waals surface area (Å²) in [4.78, 5) is 0. The molecule has 0 heterocycles.